The Bertz CT molecular complexity index is 164. The lowest BCUT2D eigenvalue weighted by Crippen LogP contribution is -2.30. The molecule has 0 rings (SSSR count). The topological polar surface area (TPSA) is 67.6 Å². The molecule has 0 fully saturated rings. The second-order valence-corrected chi connectivity index (χ2v) is 3.62. The Hall–Kier alpha value is -0.650. The molecule has 1 atom stereocenters. The zero-order valence-corrected chi connectivity index (χ0v) is 9.25. The number of carbonyl (C=O) groups is 1. The standard InChI is InChI=1S/C9H21N3O2/c1-4-8(2)7-12(3)6-5-9(13)14-11-10/h8,11H,4-7,10H2,1-3H3. The van der Waals surface area contributed by atoms with Crippen LogP contribution in [0.1, 0.15) is 26.7 Å². The van der Waals surface area contributed by atoms with Gasteiger partial charge in [-0.2, -0.15) is 0 Å². The van der Waals surface area contributed by atoms with Gasteiger partial charge in [-0.15, -0.1) is 0 Å². The molecule has 0 aliphatic rings. The second kappa shape index (κ2) is 7.73. The molecule has 0 bridgehead atoms. The molecule has 5 nitrogen and oxygen atoms in total. The van der Waals surface area contributed by atoms with Crippen LogP contribution >= 0.6 is 0 Å². The van der Waals surface area contributed by atoms with Crippen LogP contribution in [0, 0.1) is 5.92 Å². The molecule has 0 saturated heterocycles. The van der Waals surface area contributed by atoms with Gasteiger partial charge in [0.25, 0.3) is 0 Å². The minimum Gasteiger partial charge on any atom is -0.356 e. The fourth-order valence-electron chi connectivity index (χ4n) is 1.15. The van der Waals surface area contributed by atoms with Crippen LogP contribution in [0.5, 0.6) is 0 Å². The van der Waals surface area contributed by atoms with Gasteiger partial charge in [0.1, 0.15) is 0 Å². The fraction of sp³-hybridized carbons (Fsp3) is 0.889. The summed E-state index contributed by atoms with van der Waals surface area (Å²) in [5.74, 6) is 5.16. The van der Waals surface area contributed by atoms with Gasteiger partial charge in [-0.1, -0.05) is 25.9 Å². The van der Waals surface area contributed by atoms with E-state index >= 15 is 0 Å². The van der Waals surface area contributed by atoms with Crippen LogP contribution in [-0.4, -0.2) is 31.0 Å². The van der Waals surface area contributed by atoms with E-state index in [1.807, 2.05) is 12.6 Å². The molecule has 0 radical (unpaired) electrons. The summed E-state index contributed by atoms with van der Waals surface area (Å²) in [5.41, 5.74) is 1.88. The highest BCUT2D eigenvalue weighted by atomic mass is 16.7. The van der Waals surface area contributed by atoms with Crippen molar-refractivity contribution in [2.24, 2.45) is 11.8 Å². The molecular formula is C9H21N3O2. The molecule has 84 valence electrons. The number of carbonyl (C=O) groups excluding carboxylic acids is 1. The first-order chi connectivity index (χ1) is 6.60. The normalized spacial score (nSPS) is 12.9. The highest BCUT2D eigenvalue weighted by molar-refractivity contribution is 5.69. The first-order valence-corrected chi connectivity index (χ1v) is 4.94. The van der Waals surface area contributed by atoms with Crippen molar-refractivity contribution in [3.8, 4) is 0 Å². The maximum absolute atomic E-state index is 10.9. The first-order valence-electron chi connectivity index (χ1n) is 4.94. The van der Waals surface area contributed by atoms with Crippen LogP contribution in [-0.2, 0) is 9.63 Å². The van der Waals surface area contributed by atoms with Gasteiger partial charge in [0.2, 0.25) is 0 Å². The number of hydrogen-bond donors (Lipinski definition) is 2. The number of nitrogens with zero attached hydrogens (tertiary/aromatic N) is 1. The summed E-state index contributed by atoms with van der Waals surface area (Å²) in [6.45, 7) is 6.05. The third kappa shape index (κ3) is 6.82. The lowest BCUT2D eigenvalue weighted by molar-refractivity contribution is -0.151. The largest absolute Gasteiger partial charge is 0.356 e. The summed E-state index contributed by atoms with van der Waals surface area (Å²) in [4.78, 5) is 17.4. The van der Waals surface area contributed by atoms with Gasteiger partial charge < -0.3 is 9.74 Å². The van der Waals surface area contributed by atoms with Gasteiger partial charge >= 0.3 is 5.97 Å². The molecule has 0 amide bonds. The van der Waals surface area contributed by atoms with Crippen molar-refractivity contribution < 1.29 is 9.63 Å². The Kier molecular flexibility index (Phi) is 7.37. The van der Waals surface area contributed by atoms with Crippen LogP contribution in [0.4, 0.5) is 0 Å². The van der Waals surface area contributed by atoms with E-state index in [4.69, 9.17) is 5.84 Å². The molecule has 0 spiro atoms. The zero-order valence-electron chi connectivity index (χ0n) is 9.25. The highest BCUT2D eigenvalue weighted by Gasteiger charge is 2.07. The van der Waals surface area contributed by atoms with Gasteiger partial charge in [-0.3, -0.25) is 4.79 Å². The number of hydrazine groups is 1. The van der Waals surface area contributed by atoms with Crippen molar-refractivity contribution in [1.82, 2.24) is 10.5 Å². The molecule has 14 heavy (non-hydrogen) atoms. The van der Waals surface area contributed by atoms with E-state index in [2.05, 4.69) is 23.6 Å². The van der Waals surface area contributed by atoms with Gasteiger partial charge in [0, 0.05) is 13.1 Å². The summed E-state index contributed by atoms with van der Waals surface area (Å²) in [6.07, 6.45) is 1.51. The Morgan fingerprint density at radius 2 is 2.29 bits per heavy atom. The SMILES string of the molecule is CCC(C)CN(C)CCC(=O)ONN. The van der Waals surface area contributed by atoms with Crippen LogP contribution in [0.25, 0.3) is 0 Å². The van der Waals surface area contributed by atoms with Crippen molar-refractivity contribution in [2.45, 2.75) is 26.7 Å². The molecule has 1 unspecified atom stereocenters. The molecule has 3 N–H and O–H groups in total. The summed E-state index contributed by atoms with van der Waals surface area (Å²) < 4.78 is 0. The minimum atomic E-state index is -0.330. The smallest absolute Gasteiger partial charge is 0.327 e. The predicted octanol–water partition coefficient (Wildman–Crippen LogP) is 0.276. The summed E-state index contributed by atoms with van der Waals surface area (Å²) in [7, 11) is 2.00. The first kappa shape index (κ1) is 13.4. The Labute approximate surface area is 85.5 Å². The van der Waals surface area contributed by atoms with Crippen LogP contribution in [0.15, 0.2) is 0 Å². The zero-order chi connectivity index (χ0) is 11.0. The highest BCUT2D eigenvalue weighted by Crippen LogP contribution is 2.02. The van der Waals surface area contributed by atoms with Gasteiger partial charge in [-0.05, 0) is 13.0 Å². The van der Waals surface area contributed by atoms with Crippen molar-refractivity contribution in [1.29, 1.82) is 0 Å². The number of hydrogen-bond acceptors (Lipinski definition) is 5. The molecule has 0 aliphatic carbocycles. The van der Waals surface area contributed by atoms with E-state index in [-0.39, 0.29) is 5.97 Å². The number of nitrogens with two attached hydrogens (primary N) is 1. The molecule has 0 saturated carbocycles. The summed E-state index contributed by atoms with van der Waals surface area (Å²) in [5, 5.41) is 0. The van der Waals surface area contributed by atoms with Crippen molar-refractivity contribution in [3.05, 3.63) is 0 Å². The Morgan fingerprint density at radius 3 is 2.79 bits per heavy atom. The van der Waals surface area contributed by atoms with Crippen LogP contribution < -0.4 is 11.4 Å². The fourth-order valence-corrected chi connectivity index (χ4v) is 1.15. The third-order valence-electron chi connectivity index (χ3n) is 2.19. The van der Waals surface area contributed by atoms with Crippen LogP contribution in [0.3, 0.4) is 0 Å². The number of rotatable bonds is 7. The molecule has 0 aromatic rings. The Morgan fingerprint density at radius 1 is 1.64 bits per heavy atom. The van der Waals surface area contributed by atoms with E-state index in [0.717, 1.165) is 13.0 Å². The molecule has 0 aliphatic heterocycles. The molecule has 0 aromatic heterocycles. The lowest BCUT2D eigenvalue weighted by atomic mass is 10.1. The monoisotopic (exact) mass is 203 g/mol. The second-order valence-electron chi connectivity index (χ2n) is 3.62. The van der Waals surface area contributed by atoms with Crippen molar-refractivity contribution >= 4 is 5.97 Å². The summed E-state index contributed by atoms with van der Waals surface area (Å²) in [6, 6.07) is 0. The maximum Gasteiger partial charge on any atom is 0.327 e. The van der Waals surface area contributed by atoms with E-state index in [9.17, 15) is 4.79 Å². The lowest BCUT2D eigenvalue weighted by Gasteiger charge is -2.19. The summed E-state index contributed by atoms with van der Waals surface area (Å²) >= 11 is 0. The van der Waals surface area contributed by atoms with Crippen molar-refractivity contribution in [3.63, 3.8) is 0 Å². The van der Waals surface area contributed by atoms with Crippen LogP contribution in [0.2, 0.25) is 0 Å². The van der Waals surface area contributed by atoms with Gasteiger partial charge in [0.15, 0.2) is 0 Å². The molecule has 5 heteroatoms. The van der Waals surface area contributed by atoms with E-state index in [1.165, 1.54) is 0 Å². The molecule has 0 aromatic carbocycles. The van der Waals surface area contributed by atoms with Gasteiger partial charge in [0.05, 0.1) is 6.42 Å². The molecular weight excluding hydrogens is 182 g/mol. The van der Waals surface area contributed by atoms with Gasteiger partial charge in [-0.25, -0.2) is 5.84 Å². The average molecular weight is 203 g/mol. The van der Waals surface area contributed by atoms with E-state index in [0.29, 0.717) is 18.9 Å². The maximum atomic E-state index is 10.9. The number of nitrogens with one attached hydrogen (secondary N) is 1. The molecule has 0 heterocycles. The average Bonchev–Trinajstić information content (AvgIpc) is 2.15. The predicted molar refractivity (Wildman–Crippen MR) is 55.0 cm³/mol. The third-order valence-corrected chi connectivity index (χ3v) is 2.19. The quantitative estimate of drug-likeness (QED) is 0.459. The Balaban J connectivity index is 3.52. The van der Waals surface area contributed by atoms with E-state index in [1.54, 1.807) is 0 Å². The van der Waals surface area contributed by atoms with E-state index < -0.39 is 0 Å². The van der Waals surface area contributed by atoms with Crippen molar-refractivity contribution in [2.75, 3.05) is 20.1 Å². The minimum absolute atomic E-state index is 0.330.